The van der Waals surface area contributed by atoms with Gasteiger partial charge in [-0.3, -0.25) is 0 Å². The van der Waals surface area contributed by atoms with Crippen LogP contribution in [0.2, 0.25) is 0 Å². The van der Waals surface area contributed by atoms with Gasteiger partial charge in [0.05, 0.1) is 0 Å². The molecule has 0 heterocycles. The fourth-order valence-corrected chi connectivity index (χ4v) is 1.09. The number of nitrogens with two attached hydrogens (primary N) is 1. The molecular weight excluding hydrogens is 213 g/mol. The molecule has 0 aromatic heterocycles. The summed E-state index contributed by atoms with van der Waals surface area (Å²) >= 11 is 0. The van der Waals surface area contributed by atoms with E-state index in [1.165, 1.54) is 12.1 Å². The molecule has 1 amide bonds. The van der Waals surface area contributed by atoms with Crippen LogP contribution in [0.15, 0.2) is 18.2 Å². The largest absolute Gasteiger partial charge is 0.488 e. The van der Waals surface area contributed by atoms with Gasteiger partial charge < -0.3 is 15.2 Å². The number of primary amides is 1. The lowest BCUT2D eigenvalue weighted by Crippen LogP contribution is -2.23. The van der Waals surface area contributed by atoms with Gasteiger partial charge in [-0.05, 0) is 32.9 Å². The van der Waals surface area contributed by atoms with E-state index in [1.807, 2.05) is 20.8 Å². The summed E-state index contributed by atoms with van der Waals surface area (Å²) in [5.41, 5.74) is 4.39. The van der Waals surface area contributed by atoms with Crippen LogP contribution in [0.25, 0.3) is 0 Å². The van der Waals surface area contributed by atoms with Crippen molar-refractivity contribution >= 4 is 6.09 Å². The van der Waals surface area contributed by atoms with Crippen molar-refractivity contribution in [3.8, 4) is 11.5 Å². The summed E-state index contributed by atoms with van der Waals surface area (Å²) in [5.74, 6) is -0.501. The van der Waals surface area contributed by atoms with Crippen molar-refractivity contribution in [1.29, 1.82) is 0 Å². The average molecular weight is 227 g/mol. The summed E-state index contributed by atoms with van der Waals surface area (Å²) in [7, 11) is 0. The normalized spacial score (nSPS) is 11.0. The van der Waals surface area contributed by atoms with Gasteiger partial charge in [-0.25, -0.2) is 9.18 Å². The van der Waals surface area contributed by atoms with Crippen LogP contribution in [-0.4, -0.2) is 11.7 Å². The number of carbonyl (C=O) groups excluding carboxylic acids is 1. The molecule has 0 aliphatic rings. The number of benzene rings is 1. The summed E-state index contributed by atoms with van der Waals surface area (Å²) in [4.78, 5) is 10.5. The first kappa shape index (κ1) is 12.3. The number of hydrogen-bond donors (Lipinski definition) is 1. The fourth-order valence-electron chi connectivity index (χ4n) is 1.09. The molecule has 88 valence electrons. The van der Waals surface area contributed by atoms with Crippen molar-refractivity contribution < 1.29 is 18.7 Å². The van der Waals surface area contributed by atoms with E-state index in [-0.39, 0.29) is 5.75 Å². The quantitative estimate of drug-likeness (QED) is 0.844. The second-order valence-electron chi connectivity index (χ2n) is 4.23. The molecule has 1 aromatic carbocycles. The second kappa shape index (κ2) is 4.38. The smallest absolute Gasteiger partial charge is 0.410 e. The minimum Gasteiger partial charge on any atom is -0.488 e. The molecule has 5 heteroatoms. The maximum atomic E-state index is 13.2. The van der Waals surface area contributed by atoms with Gasteiger partial charge in [0.15, 0.2) is 11.6 Å². The van der Waals surface area contributed by atoms with Gasteiger partial charge in [-0.15, -0.1) is 0 Å². The van der Waals surface area contributed by atoms with Gasteiger partial charge in [0, 0.05) is 6.07 Å². The lowest BCUT2D eigenvalue weighted by Gasteiger charge is -2.21. The van der Waals surface area contributed by atoms with Gasteiger partial charge in [0.2, 0.25) is 0 Å². The van der Waals surface area contributed by atoms with Crippen LogP contribution in [0.4, 0.5) is 9.18 Å². The highest BCUT2D eigenvalue weighted by Gasteiger charge is 2.14. The van der Waals surface area contributed by atoms with Crippen LogP contribution in [0.3, 0.4) is 0 Å². The molecule has 0 radical (unpaired) electrons. The molecule has 1 rings (SSSR count). The number of carbonyl (C=O) groups is 1. The van der Waals surface area contributed by atoms with Crippen LogP contribution in [0.5, 0.6) is 11.5 Å². The van der Waals surface area contributed by atoms with Crippen molar-refractivity contribution in [2.75, 3.05) is 0 Å². The average Bonchev–Trinajstić information content (AvgIpc) is 2.07. The first-order chi connectivity index (χ1) is 7.28. The Morgan fingerprint density at radius 2 is 2.00 bits per heavy atom. The summed E-state index contributed by atoms with van der Waals surface area (Å²) in [6.45, 7) is 5.56. The van der Waals surface area contributed by atoms with E-state index in [9.17, 15) is 9.18 Å². The molecule has 0 bridgehead atoms. The zero-order valence-electron chi connectivity index (χ0n) is 9.41. The summed E-state index contributed by atoms with van der Waals surface area (Å²) in [6, 6.07) is 3.89. The lowest BCUT2D eigenvalue weighted by molar-refractivity contribution is 0.130. The van der Waals surface area contributed by atoms with Crippen LogP contribution in [0.1, 0.15) is 20.8 Å². The van der Waals surface area contributed by atoms with Crippen LogP contribution in [0, 0.1) is 5.82 Å². The van der Waals surface area contributed by atoms with E-state index >= 15 is 0 Å². The molecule has 0 aliphatic carbocycles. The van der Waals surface area contributed by atoms with Crippen molar-refractivity contribution in [2.45, 2.75) is 26.4 Å². The second-order valence-corrected chi connectivity index (χ2v) is 4.23. The molecule has 0 fully saturated rings. The van der Waals surface area contributed by atoms with Gasteiger partial charge in [-0.2, -0.15) is 0 Å². The molecule has 0 saturated heterocycles. The van der Waals surface area contributed by atoms with E-state index in [4.69, 9.17) is 10.5 Å². The van der Waals surface area contributed by atoms with Crippen molar-refractivity contribution in [3.63, 3.8) is 0 Å². The van der Waals surface area contributed by atoms with E-state index in [0.717, 1.165) is 6.07 Å². The number of ether oxygens (including phenoxy) is 2. The topological polar surface area (TPSA) is 61.6 Å². The first-order valence-electron chi connectivity index (χ1n) is 4.74. The van der Waals surface area contributed by atoms with Crippen molar-refractivity contribution in [3.05, 3.63) is 24.0 Å². The third-order valence-corrected chi connectivity index (χ3v) is 1.54. The van der Waals surface area contributed by atoms with E-state index in [2.05, 4.69) is 4.74 Å². The monoisotopic (exact) mass is 227 g/mol. The minimum atomic E-state index is -1.06. The predicted molar refractivity (Wildman–Crippen MR) is 57.0 cm³/mol. The highest BCUT2D eigenvalue weighted by atomic mass is 19.1. The third-order valence-electron chi connectivity index (χ3n) is 1.54. The van der Waals surface area contributed by atoms with Gasteiger partial charge in [0.25, 0.3) is 0 Å². The maximum absolute atomic E-state index is 13.2. The molecule has 0 atom stereocenters. The van der Waals surface area contributed by atoms with E-state index in [0.29, 0.717) is 5.75 Å². The Kier molecular flexibility index (Phi) is 3.37. The molecule has 16 heavy (non-hydrogen) atoms. The first-order valence-corrected chi connectivity index (χ1v) is 4.74. The Bertz CT molecular complexity index is 399. The molecule has 4 nitrogen and oxygen atoms in total. The van der Waals surface area contributed by atoms with Gasteiger partial charge in [-0.1, -0.05) is 0 Å². The summed E-state index contributed by atoms with van der Waals surface area (Å²) in [5, 5.41) is 0. The van der Waals surface area contributed by atoms with E-state index in [1.54, 1.807) is 0 Å². The SMILES string of the molecule is CC(C)(C)Oc1ccc(F)c(OC(N)=O)c1. The minimum absolute atomic E-state index is 0.241. The number of rotatable bonds is 2. The Labute approximate surface area is 93.2 Å². The molecule has 0 unspecified atom stereocenters. The number of hydrogen-bond acceptors (Lipinski definition) is 3. The zero-order valence-corrected chi connectivity index (χ0v) is 9.41. The molecule has 0 saturated carbocycles. The Morgan fingerprint density at radius 3 is 2.50 bits per heavy atom. The number of halogens is 1. The predicted octanol–water partition coefficient (Wildman–Crippen LogP) is 2.46. The summed E-state index contributed by atoms with van der Waals surface area (Å²) < 4.78 is 23.1. The molecule has 0 spiro atoms. The highest BCUT2D eigenvalue weighted by Crippen LogP contribution is 2.26. The molecule has 0 aliphatic heterocycles. The van der Waals surface area contributed by atoms with Gasteiger partial charge in [0.1, 0.15) is 11.4 Å². The Balaban J connectivity index is 2.93. The zero-order chi connectivity index (χ0) is 12.3. The van der Waals surface area contributed by atoms with E-state index < -0.39 is 17.5 Å². The van der Waals surface area contributed by atoms with Crippen molar-refractivity contribution in [2.24, 2.45) is 5.73 Å². The molecular formula is C11H14FNO3. The van der Waals surface area contributed by atoms with Gasteiger partial charge >= 0.3 is 6.09 Å². The van der Waals surface area contributed by atoms with Crippen LogP contribution < -0.4 is 15.2 Å². The summed E-state index contributed by atoms with van der Waals surface area (Å²) in [6.07, 6.45) is -1.06. The highest BCUT2D eigenvalue weighted by molar-refractivity contribution is 5.68. The van der Waals surface area contributed by atoms with Crippen molar-refractivity contribution in [1.82, 2.24) is 0 Å². The Morgan fingerprint density at radius 1 is 1.38 bits per heavy atom. The molecule has 2 N–H and O–H groups in total. The van der Waals surface area contributed by atoms with Crippen LogP contribution >= 0.6 is 0 Å². The Hall–Kier alpha value is -1.78. The standard InChI is InChI=1S/C11H14FNO3/c1-11(2,3)16-7-4-5-8(12)9(6-7)15-10(13)14/h4-6H,1-3H3,(H2,13,14). The fraction of sp³-hybridized carbons (Fsp3) is 0.364. The van der Waals surface area contributed by atoms with Crippen LogP contribution in [-0.2, 0) is 0 Å². The lowest BCUT2D eigenvalue weighted by atomic mass is 10.2. The number of amides is 1. The third kappa shape index (κ3) is 3.76. The molecule has 1 aromatic rings. The maximum Gasteiger partial charge on any atom is 0.410 e.